The average Bonchev–Trinajstić information content (AvgIpc) is 2.61. The molecule has 0 fully saturated rings. The van der Waals surface area contributed by atoms with Crippen LogP contribution in [0.25, 0.3) is 0 Å². The van der Waals surface area contributed by atoms with Crippen LogP contribution in [0.1, 0.15) is 40.5 Å². The summed E-state index contributed by atoms with van der Waals surface area (Å²) in [6.07, 6.45) is 1.39. The molecule has 0 spiro atoms. The summed E-state index contributed by atoms with van der Waals surface area (Å²) in [7, 11) is 0. The van der Waals surface area contributed by atoms with E-state index in [0.717, 1.165) is 6.42 Å². The van der Waals surface area contributed by atoms with E-state index in [0.29, 0.717) is 23.2 Å². The lowest BCUT2D eigenvalue weighted by Crippen LogP contribution is -2.32. The van der Waals surface area contributed by atoms with Gasteiger partial charge in [0.1, 0.15) is 0 Å². The summed E-state index contributed by atoms with van der Waals surface area (Å²) in [6.45, 7) is 2.03. The van der Waals surface area contributed by atoms with E-state index in [9.17, 15) is 9.59 Å². The zero-order valence-electron chi connectivity index (χ0n) is 13.7. The van der Waals surface area contributed by atoms with E-state index in [1.54, 1.807) is 48.5 Å². The molecule has 0 heterocycles. The number of benzene rings is 2. The molecule has 0 aliphatic heterocycles. The van der Waals surface area contributed by atoms with Crippen LogP contribution in [-0.2, 0) is 0 Å². The minimum atomic E-state index is -0.189. The van der Waals surface area contributed by atoms with Crippen LogP contribution in [0.4, 0.5) is 5.69 Å². The van der Waals surface area contributed by atoms with E-state index in [1.807, 2.05) is 13.0 Å². The van der Waals surface area contributed by atoms with Gasteiger partial charge in [0.25, 0.3) is 11.8 Å². The van der Waals surface area contributed by atoms with Gasteiger partial charge in [-0.3, -0.25) is 9.59 Å². The maximum absolute atomic E-state index is 12.1. The molecule has 2 aromatic carbocycles. The molecule has 0 aliphatic rings. The lowest BCUT2D eigenvalue weighted by atomic mass is 10.1. The third kappa shape index (κ3) is 5.21. The summed E-state index contributed by atoms with van der Waals surface area (Å²) < 4.78 is 0. The van der Waals surface area contributed by atoms with Gasteiger partial charge >= 0.3 is 0 Å². The first kappa shape index (κ1) is 17.7. The van der Waals surface area contributed by atoms with E-state index in [4.69, 9.17) is 5.11 Å². The molecule has 3 N–H and O–H groups in total. The molecule has 0 saturated carbocycles. The van der Waals surface area contributed by atoms with E-state index in [-0.39, 0.29) is 24.5 Å². The Morgan fingerprint density at radius 3 is 2.21 bits per heavy atom. The molecule has 0 saturated heterocycles. The largest absolute Gasteiger partial charge is 0.396 e. The fourth-order valence-electron chi connectivity index (χ4n) is 2.27. The summed E-state index contributed by atoms with van der Waals surface area (Å²) in [4.78, 5) is 24.2. The Morgan fingerprint density at radius 1 is 0.958 bits per heavy atom. The highest BCUT2D eigenvalue weighted by Gasteiger charge is 2.10. The minimum absolute atomic E-state index is 0.00195. The third-order valence-electron chi connectivity index (χ3n) is 3.61. The van der Waals surface area contributed by atoms with Gasteiger partial charge < -0.3 is 15.7 Å². The SMILES string of the molecule is CC(CCCO)NC(=O)c1ccc(NC(=O)c2ccccc2)cc1. The predicted octanol–water partition coefficient (Wildman–Crippen LogP) is 2.83. The van der Waals surface area contributed by atoms with Crippen molar-refractivity contribution in [2.75, 3.05) is 11.9 Å². The van der Waals surface area contributed by atoms with Crippen LogP contribution in [-0.4, -0.2) is 29.6 Å². The first-order valence-electron chi connectivity index (χ1n) is 7.98. The highest BCUT2D eigenvalue weighted by atomic mass is 16.3. The van der Waals surface area contributed by atoms with Gasteiger partial charge in [-0.05, 0) is 56.2 Å². The Labute approximate surface area is 141 Å². The van der Waals surface area contributed by atoms with Crippen molar-refractivity contribution in [3.8, 4) is 0 Å². The van der Waals surface area contributed by atoms with Crippen molar-refractivity contribution in [3.05, 3.63) is 65.7 Å². The van der Waals surface area contributed by atoms with Crippen molar-refractivity contribution in [2.24, 2.45) is 0 Å². The predicted molar refractivity (Wildman–Crippen MR) is 94.1 cm³/mol. The average molecular weight is 326 g/mol. The number of hydrogen-bond donors (Lipinski definition) is 3. The van der Waals surface area contributed by atoms with Crippen LogP contribution < -0.4 is 10.6 Å². The molecular weight excluding hydrogens is 304 g/mol. The lowest BCUT2D eigenvalue weighted by molar-refractivity contribution is 0.0936. The van der Waals surface area contributed by atoms with Crippen LogP contribution >= 0.6 is 0 Å². The van der Waals surface area contributed by atoms with Gasteiger partial charge in [-0.1, -0.05) is 18.2 Å². The molecule has 126 valence electrons. The second kappa shape index (κ2) is 8.84. The second-order valence-electron chi connectivity index (χ2n) is 5.64. The molecule has 2 rings (SSSR count). The smallest absolute Gasteiger partial charge is 0.255 e. The Hall–Kier alpha value is -2.66. The molecule has 1 unspecified atom stereocenters. The lowest BCUT2D eigenvalue weighted by Gasteiger charge is -2.13. The van der Waals surface area contributed by atoms with E-state index >= 15 is 0 Å². The third-order valence-corrected chi connectivity index (χ3v) is 3.61. The van der Waals surface area contributed by atoms with Gasteiger partial charge in [-0.25, -0.2) is 0 Å². The highest BCUT2D eigenvalue weighted by Crippen LogP contribution is 2.12. The fourth-order valence-corrected chi connectivity index (χ4v) is 2.27. The molecule has 0 aliphatic carbocycles. The summed E-state index contributed by atoms with van der Waals surface area (Å²) in [5, 5.41) is 14.5. The van der Waals surface area contributed by atoms with Crippen molar-refractivity contribution < 1.29 is 14.7 Å². The standard InChI is InChI=1S/C19H22N2O3/c1-14(6-5-13-22)20-18(23)16-9-11-17(12-10-16)21-19(24)15-7-3-2-4-8-15/h2-4,7-12,14,22H,5-6,13H2,1H3,(H,20,23)(H,21,24). The summed E-state index contributed by atoms with van der Waals surface area (Å²) in [6, 6.07) is 15.7. The normalized spacial score (nSPS) is 11.6. The number of nitrogens with one attached hydrogen (secondary N) is 2. The maximum Gasteiger partial charge on any atom is 0.255 e. The topological polar surface area (TPSA) is 78.4 Å². The van der Waals surface area contributed by atoms with Gasteiger partial charge in [0.05, 0.1) is 0 Å². The van der Waals surface area contributed by atoms with Crippen LogP contribution in [0.2, 0.25) is 0 Å². The number of carbonyl (C=O) groups is 2. The van der Waals surface area contributed by atoms with E-state index < -0.39 is 0 Å². The van der Waals surface area contributed by atoms with Crippen LogP contribution in [0.3, 0.4) is 0 Å². The summed E-state index contributed by atoms with van der Waals surface area (Å²) >= 11 is 0. The van der Waals surface area contributed by atoms with E-state index in [2.05, 4.69) is 10.6 Å². The summed E-state index contributed by atoms with van der Waals surface area (Å²) in [5.74, 6) is -0.355. The maximum atomic E-state index is 12.1. The zero-order chi connectivity index (χ0) is 17.4. The van der Waals surface area contributed by atoms with Crippen molar-refractivity contribution in [3.63, 3.8) is 0 Å². The van der Waals surface area contributed by atoms with Gasteiger partial charge in [0.2, 0.25) is 0 Å². The molecule has 1 atom stereocenters. The quantitative estimate of drug-likeness (QED) is 0.732. The van der Waals surface area contributed by atoms with Gasteiger partial charge in [-0.15, -0.1) is 0 Å². The number of carbonyl (C=O) groups excluding carboxylic acids is 2. The first-order valence-corrected chi connectivity index (χ1v) is 7.98. The Morgan fingerprint density at radius 2 is 1.58 bits per heavy atom. The van der Waals surface area contributed by atoms with Crippen molar-refractivity contribution in [2.45, 2.75) is 25.8 Å². The monoisotopic (exact) mass is 326 g/mol. The number of aliphatic hydroxyl groups excluding tert-OH is 1. The van der Waals surface area contributed by atoms with E-state index in [1.165, 1.54) is 0 Å². The molecule has 2 amide bonds. The Bertz CT molecular complexity index is 669. The highest BCUT2D eigenvalue weighted by molar-refractivity contribution is 6.04. The molecule has 2 aromatic rings. The number of anilines is 1. The Kier molecular flexibility index (Phi) is 6.51. The minimum Gasteiger partial charge on any atom is -0.396 e. The molecule has 24 heavy (non-hydrogen) atoms. The van der Waals surface area contributed by atoms with Gasteiger partial charge in [-0.2, -0.15) is 0 Å². The Balaban J connectivity index is 1.93. The first-order chi connectivity index (χ1) is 11.6. The number of amides is 2. The molecule has 0 bridgehead atoms. The van der Waals surface area contributed by atoms with Crippen molar-refractivity contribution in [1.82, 2.24) is 5.32 Å². The molecular formula is C19H22N2O3. The molecule has 0 radical (unpaired) electrons. The molecule has 0 aromatic heterocycles. The fraction of sp³-hybridized carbons (Fsp3) is 0.263. The number of aliphatic hydroxyl groups is 1. The molecule has 5 nitrogen and oxygen atoms in total. The second-order valence-corrected chi connectivity index (χ2v) is 5.64. The molecule has 5 heteroatoms. The van der Waals surface area contributed by atoms with Crippen LogP contribution in [0, 0.1) is 0 Å². The zero-order valence-corrected chi connectivity index (χ0v) is 13.7. The number of hydrogen-bond acceptors (Lipinski definition) is 3. The van der Waals surface area contributed by atoms with Gasteiger partial charge in [0.15, 0.2) is 0 Å². The van der Waals surface area contributed by atoms with Crippen LogP contribution in [0.5, 0.6) is 0 Å². The van der Waals surface area contributed by atoms with Crippen LogP contribution in [0.15, 0.2) is 54.6 Å². The van der Waals surface area contributed by atoms with Gasteiger partial charge in [0, 0.05) is 29.5 Å². The summed E-state index contributed by atoms with van der Waals surface area (Å²) in [5.41, 5.74) is 1.74. The van der Waals surface area contributed by atoms with Crippen molar-refractivity contribution in [1.29, 1.82) is 0 Å². The van der Waals surface area contributed by atoms with Crippen molar-refractivity contribution >= 4 is 17.5 Å². The number of rotatable bonds is 7.